The van der Waals surface area contributed by atoms with Gasteiger partial charge in [0.1, 0.15) is 0 Å². The summed E-state index contributed by atoms with van der Waals surface area (Å²) in [7, 11) is 0. The van der Waals surface area contributed by atoms with Crippen molar-refractivity contribution in [3.8, 4) is 0 Å². The van der Waals surface area contributed by atoms with Crippen molar-refractivity contribution < 1.29 is 19.7 Å². The van der Waals surface area contributed by atoms with Gasteiger partial charge in [-0.1, -0.05) is 12.1 Å². The van der Waals surface area contributed by atoms with Gasteiger partial charge in [0.25, 0.3) is 0 Å². The number of rotatable bonds is 3. The van der Waals surface area contributed by atoms with Crippen molar-refractivity contribution in [1.82, 2.24) is 0 Å². The molecule has 92 valence electrons. The predicted octanol–water partition coefficient (Wildman–Crippen LogP) is 1.84. The second kappa shape index (κ2) is 5.29. The van der Waals surface area contributed by atoms with Crippen LogP contribution in [0, 0.1) is 5.92 Å². The van der Waals surface area contributed by atoms with E-state index in [-0.39, 0.29) is 11.5 Å². The molecule has 1 saturated heterocycles. The maximum atomic E-state index is 10.7. The molecule has 4 nitrogen and oxygen atoms in total. The van der Waals surface area contributed by atoms with Crippen molar-refractivity contribution in [2.24, 2.45) is 5.92 Å². The third-order valence-corrected chi connectivity index (χ3v) is 3.14. The summed E-state index contributed by atoms with van der Waals surface area (Å²) in [4.78, 5) is 10.7. The van der Waals surface area contributed by atoms with Gasteiger partial charge in [0.2, 0.25) is 0 Å². The highest BCUT2D eigenvalue weighted by atomic mass is 16.5. The molecule has 0 spiro atoms. The zero-order valence-corrected chi connectivity index (χ0v) is 9.50. The lowest BCUT2D eigenvalue weighted by Gasteiger charge is -2.26. The molecule has 4 heteroatoms. The lowest BCUT2D eigenvalue weighted by atomic mass is 9.91. The average Bonchev–Trinajstić information content (AvgIpc) is 2.39. The van der Waals surface area contributed by atoms with Gasteiger partial charge in [0, 0.05) is 12.5 Å². The van der Waals surface area contributed by atoms with Crippen LogP contribution in [0.25, 0.3) is 0 Å². The lowest BCUT2D eigenvalue weighted by molar-refractivity contribution is -0.00998. The first-order valence-electron chi connectivity index (χ1n) is 5.77. The quantitative estimate of drug-likeness (QED) is 0.840. The minimum Gasteiger partial charge on any atom is -0.478 e. The lowest BCUT2D eigenvalue weighted by Crippen LogP contribution is -2.23. The fourth-order valence-electron chi connectivity index (χ4n) is 2.11. The van der Waals surface area contributed by atoms with E-state index >= 15 is 0 Å². The van der Waals surface area contributed by atoms with Crippen LogP contribution in [-0.4, -0.2) is 29.4 Å². The number of carboxylic acids is 1. The largest absolute Gasteiger partial charge is 0.478 e. The molecule has 1 aromatic rings. The number of ether oxygens (including phenoxy) is 1. The number of aliphatic hydroxyl groups excluding tert-OH is 1. The number of benzene rings is 1. The summed E-state index contributed by atoms with van der Waals surface area (Å²) in [6, 6.07) is 6.38. The molecule has 1 aliphatic rings. The highest BCUT2D eigenvalue weighted by Gasteiger charge is 2.23. The molecule has 1 fully saturated rings. The van der Waals surface area contributed by atoms with E-state index in [1.165, 1.54) is 12.1 Å². The van der Waals surface area contributed by atoms with Crippen molar-refractivity contribution in [3.63, 3.8) is 0 Å². The third kappa shape index (κ3) is 2.84. The van der Waals surface area contributed by atoms with Gasteiger partial charge in [0.15, 0.2) is 0 Å². The Morgan fingerprint density at radius 1 is 1.35 bits per heavy atom. The average molecular weight is 236 g/mol. The molecule has 2 unspecified atom stereocenters. The van der Waals surface area contributed by atoms with Crippen LogP contribution in [0.15, 0.2) is 24.3 Å². The van der Waals surface area contributed by atoms with Crippen molar-refractivity contribution in [2.45, 2.75) is 18.9 Å². The highest BCUT2D eigenvalue weighted by molar-refractivity contribution is 5.87. The van der Waals surface area contributed by atoms with Crippen LogP contribution in [-0.2, 0) is 4.74 Å². The monoisotopic (exact) mass is 236 g/mol. The van der Waals surface area contributed by atoms with Gasteiger partial charge >= 0.3 is 5.97 Å². The van der Waals surface area contributed by atoms with Crippen LogP contribution < -0.4 is 0 Å². The van der Waals surface area contributed by atoms with Crippen LogP contribution in [0.3, 0.4) is 0 Å². The number of carboxylic acid groups (broad SMARTS) is 1. The second-order valence-electron chi connectivity index (χ2n) is 4.35. The Balaban J connectivity index is 2.07. The first-order valence-corrected chi connectivity index (χ1v) is 5.77. The van der Waals surface area contributed by atoms with E-state index in [2.05, 4.69) is 0 Å². The Morgan fingerprint density at radius 3 is 2.59 bits per heavy atom. The Labute approximate surface area is 99.8 Å². The molecule has 17 heavy (non-hydrogen) atoms. The summed E-state index contributed by atoms with van der Waals surface area (Å²) < 4.78 is 5.33. The number of carbonyl (C=O) groups is 1. The van der Waals surface area contributed by atoms with E-state index in [4.69, 9.17) is 9.84 Å². The molecule has 1 aliphatic heterocycles. The maximum Gasteiger partial charge on any atom is 0.335 e. The first kappa shape index (κ1) is 12.1. The van der Waals surface area contributed by atoms with Crippen molar-refractivity contribution >= 4 is 5.97 Å². The predicted molar refractivity (Wildman–Crippen MR) is 61.9 cm³/mol. The van der Waals surface area contributed by atoms with Crippen LogP contribution >= 0.6 is 0 Å². The summed E-state index contributed by atoms with van der Waals surface area (Å²) in [5.41, 5.74) is 0.992. The summed E-state index contributed by atoms with van der Waals surface area (Å²) >= 11 is 0. The summed E-state index contributed by atoms with van der Waals surface area (Å²) in [6.07, 6.45) is 1.34. The zero-order chi connectivity index (χ0) is 12.3. The molecule has 0 amide bonds. The van der Waals surface area contributed by atoms with Gasteiger partial charge in [0.05, 0.1) is 18.3 Å². The van der Waals surface area contributed by atoms with Gasteiger partial charge in [-0.05, 0) is 30.5 Å². The number of aliphatic hydroxyl groups is 1. The molecule has 0 aliphatic carbocycles. The molecule has 1 heterocycles. The summed E-state index contributed by atoms with van der Waals surface area (Å²) in [5.74, 6) is -0.841. The Hall–Kier alpha value is -1.39. The Bertz CT molecular complexity index is 379. The standard InChI is InChI=1S/C13H16O4/c14-12(11-2-1-7-17-8-11)9-3-5-10(6-4-9)13(15)16/h3-6,11-12,14H,1-2,7-8H2,(H,15,16). The Kier molecular flexibility index (Phi) is 3.76. The van der Waals surface area contributed by atoms with Crippen molar-refractivity contribution in [1.29, 1.82) is 0 Å². The van der Waals surface area contributed by atoms with Crippen LogP contribution in [0.5, 0.6) is 0 Å². The van der Waals surface area contributed by atoms with Gasteiger partial charge in [-0.25, -0.2) is 4.79 Å². The molecule has 2 N–H and O–H groups in total. The summed E-state index contributed by atoms with van der Waals surface area (Å²) in [5, 5.41) is 18.9. The fraction of sp³-hybridized carbons (Fsp3) is 0.462. The van der Waals surface area contributed by atoms with E-state index in [1.54, 1.807) is 12.1 Å². The fourth-order valence-corrected chi connectivity index (χ4v) is 2.11. The molecular formula is C13H16O4. The summed E-state index contributed by atoms with van der Waals surface area (Å²) in [6.45, 7) is 1.34. The second-order valence-corrected chi connectivity index (χ2v) is 4.35. The molecule has 0 aromatic heterocycles. The van der Waals surface area contributed by atoms with E-state index in [0.29, 0.717) is 6.61 Å². The van der Waals surface area contributed by atoms with Gasteiger partial charge in [-0.3, -0.25) is 0 Å². The van der Waals surface area contributed by atoms with Gasteiger partial charge < -0.3 is 14.9 Å². The molecule has 0 bridgehead atoms. The van der Waals surface area contributed by atoms with E-state index in [9.17, 15) is 9.90 Å². The topological polar surface area (TPSA) is 66.8 Å². The molecule has 2 rings (SSSR count). The molecule has 0 saturated carbocycles. The smallest absolute Gasteiger partial charge is 0.335 e. The SMILES string of the molecule is O=C(O)c1ccc(C(O)C2CCCOC2)cc1. The molecular weight excluding hydrogens is 220 g/mol. The zero-order valence-electron chi connectivity index (χ0n) is 9.50. The van der Waals surface area contributed by atoms with E-state index < -0.39 is 12.1 Å². The van der Waals surface area contributed by atoms with Crippen LogP contribution in [0.2, 0.25) is 0 Å². The third-order valence-electron chi connectivity index (χ3n) is 3.14. The minimum atomic E-state index is -0.952. The van der Waals surface area contributed by atoms with Gasteiger partial charge in [-0.15, -0.1) is 0 Å². The van der Waals surface area contributed by atoms with Crippen molar-refractivity contribution in [2.75, 3.05) is 13.2 Å². The van der Waals surface area contributed by atoms with Crippen molar-refractivity contribution in [3.05, 3.63) is 35.4 Å². The van der Waals surface area contributed by atoms with E-state index in [1.807, 2.05) is 0 Å². The molecule has 0 radical (unpaired) electrons. The molecule has 2 atom stereocenters. The highest BCUT2D eigenvalue weighted by Crippen LogP contribution is 2.28. The number of aromatic carboxylic acids is 1. The Morgan fingerprint density at radius 2 is 2.06 bits per heavy atom. The van der Waals surface area contributed by atoms with E-state index in [0.717, 1.165) is 25.0 Å². The number of hydrogen-bond acceptors (Lipinski definition) is 3. The first-order chi connectivity index (χ1) is 8.18. The molecule has 1 aromatic carbocycles. The number of hydrogen-bond donors (Lipinski definition) is 2. The van der Waals surface area contributed by atoms with Gasteiger partial charge in [-0.2, -0.15) is 0 Å². The van der Waals surface area contributed by atoms with Crippen LogP contribution in [0.1, 0.15) is 34.9 Å². The maximum absolute atomic E-state index is 10.7. The normalized spacial score (nSPS) is 22.1. The minimum absolute atomic E-state index is 0.111. The van der Waals surface area contributed by atoms with Crippen LogP contribution in [0.4, 0.5) is 0 Å².